The van der Waals surface area contributed by atoms with Crippen molar-refractivity contribution in [3.05, 3.63) is 48.0 Å². The third-order valence-electron chi connectivity index (χ3n) is 5.19. The first-order valence-electron chi connectivity index (χ1n) is 10.5. The van der Waals surface area contributed by atoms with Gasteiger partial charge in [0, 0.05) is 19.0 Å². The number of anilines is 1. The molecule has 32 heavy (non-hydrogen) atoms. The molecule has 1 saturated heterocycles. The lowest BCUT2D eigenvalue weighted by atomic mass is 10.2. The summed E-state index contributed by atoms with van der Waals surface area (Å²) in [6.07, 6.45) is 2.68. The molecule has 2 aromatic carbocycles. The Morgan fingerprint density at radius 1 is 1.00 bits per heavy atom. The normalized spacial score (nSPS) is 14.8. The van der Waals surface area contributed by atoms with E-state index in [1.54, 1.807) is 38.1 Å². The summed E-state index contributed by atoms with van der Waals surface area (Å²) in [5.74, 6) is -0.312. The Labute approximate surface area is 188 Å². The first kappa shape index (κ1) is 23.7. The highest BCUT2D eigenvalue weighted by Crippen LogP contribution is 2.33. The van der Waals surface area contributed by atoms with Crippen LogP contribution in [0.1, 0.15) is 43.5 Å². The lowest BCUT2D eigenvalue weighted by molar-refractivity contribution is -0.118. The molecule has 1 amide bonds. The molecule has 0 bridgehead atoms. The van der Waals surface area contributed by atoms with Gasteiger partial charge in [0.2, 0.25) is 15.9 Å². The van der Waals surface area contributed by atoms with Crippen molar-refractivity contribution in [3.63, 3.8) is 0 Å². The molecule has 1 heterocycles. The molecule has 172 valence electrons. The van der Waals surface area contributed by atoms with E-state index in [2.05, 4.69) is 10.1 Å². The molecular weight excluding hydrogens is 432 g/mol. The lowest BCUT2D eigenvalue weighted by Crippen LogP contribution is -2.35. The first-order chi connectivity index (χ1) is 15.2. The molecule has 0 aliphatic carbocycles. The monoisotopic (exact) mass is 460 g/mol. The maximum Gasteiger partial charge on any atom is 0.337 e. The topological polar surface area (TPSA) is 102 Å². The van der Waals surface area contributed by atoms with E-state index in [-0.39, 0.29) is 22.4 Å². The third-order valence-corrected chi connectivity index (χ3v) is 7.08. The second kappa shape index (κ2) is 10.1. The predicted octanol–water partition coefficient (Wildman–Crippen LogP) is 4.03. The van der Waals surface area contributed by atoms with Gasteiger partial charge in [-0.25, -0.2) is 13.2 Å². The average molecular weight is 461 g/mol. The predicted molar refractivity (Wildman–Crippen MR) is 120 cm³/mol. The Kier molecular flexibility index (Phi) is 7.52. The van der Waals surface area contributed by atoms with Crippen LogP contribution in [0.2, 0.25) is 0 Å². The van der Waals surface area contributed by atoms with Crippen LogP contribution < -0.4 is 10.1 Å². The number of benzene rings is 2. The van der Waals surface area contributed by atoms with Crippen LogP contribution in [-0.4, -0.2) is 44.8 Å². The maximum atomic E-state index is 13.1. The van der Waals surface area contributed by atoms with E-state index in [1.165, 1.54) is 29.6 Å². The van der Waals surface area contributed by atoms with E-state index >= 15 is 0 Å². The van der Waals surface area contributed by atoms with E-state index in [1.807, 2.05) is 0 Å². The van der Waals surface area contributed by atoms with Gasteiger partial charge in [0.25, 0.3) is 0 Å². The van der Waals surface area contributed by atoms with Gasteiger partial charge in [0.15, 0.2) is 5.75 Å². The maximum absolute atomic E-state index is 13.1. The van der Waals surface area contributed by atoms with Crippen molar-refractivity contribution in [2.45, 2.75) is 38.0 Å². The van der Waals surface area contributed by atoms with Gasteiger partial charge in [-0.15, -0.1) is 0 Å². The summed E-state index contributed by atoms with van der Waals surface area (Å²) in [7, 11) is -2.37. The van der Waals surface area contributed by atoms with Crippen LogP contribution in [-0.2, 0) is 19.6 Å². The third kappa shape index (κ3) is 5.46. The first-order valence-corrected chi connectivity index (χ1v) is 12.0. The number of nitrogens with one attached hydrogen (secondary N) is 1. The molecule has 0 saturated carbocycles. The van der Waals surface area contributed by atoms with Crippen molar-refractivity contribution in [2.24, 2.45) is 5.92 Å². The molecule has 1 N–H and O–H groups in total. The molecule has 2 aromatic rings. The van der Waals surface area contributed by atoms with Crippen molar-refractivity contribution < 1.29 is 27.5 Å². The number of nitrogens with zero attached hydrogens (tertiary/aromatic N) is 1. The summed E-state index contributed by atoms with van der Waals surface area (Å²) in [6.45, 7) is 4.47. The fraction of sp³-hybridized carbons (Fsp3) is 0.391. The molecule has 0 unspecified atom stereocenters. The van der Waals surface area contributed by atoms with Gasteiger partial charge in [0.05, 0.1) is 23.3 Å². The van der Waals surface area contributed by atoms with Gasteiger partial charge >= 0.3 is 5.97 Å². The highest BCUT2D eigenvalue weighted by Gasteiger charge is 2.27. The van der Waals surface area contributed by atoms with Gasteiger partial charge in [-0.3, -0.25) is 4.79 Å². The number of amides is 1. The summed E-state index contributed by atoms with van der Waals surface area (Å²) in [5, 5.41) is 2.76. The largest absolute Gasteiger partial charge is 0.465 e. The Balaban J connectivity index is 1.92. The highest BCUT2D eigenvalue weighted by atomic mass is 32.2. The van der Waals surface area contributed by atoms with Crippen molar-refractivity contribution in [1.29, 1.82) is 0 Å². The SMILES string of the molecule is COC(=O)c1ccc(Oc2ccc(S(=O)(=O)N3CCCCC3)cc2NC(=O)C(C)C)cc1. The number of hydrogen-bond acceptors (Lipinski definition) is 6. The number of ether oxygens (including phenoxy) is 2. The van der Waals surface area contributed by atoms with Crippen LogP contribution in [0.25, 0.3) is 0 Å². The molecule has 8 nitrogen and oxygen atoms in total. The Hall–Kier alpha value is -2.91. The number of carbonyl (C=O) groups is 2. The second-order valence-electron chi connectivity index (χ2n) is 7.88. The summed E-state index contributed by atoms with van der Waals surface area (Å²) < 4.78 is 38.2. The second-order valence-corrected chi connectivity index (χ2v) is 9.82. The zero-order valence-corrected chi connectivity index (χ0v) is 19.3. The van der Waals surface area contributed by atoms with Gasteiger partial charge in [-0.1, -0.05) is 20.3 Å². The molecule has 3 rings (SSSR count). The van der Waals surface area contributed by atoms with E-state index in [4.69, 9.17) is 4.74 Å². The quantitative estimate of drug-likeness (QED) is 0.626. The molecule has 0 atom stereocenters. The zero-order valence-electron chi connectivity index (χ0n) is 18.5. The Morgan fingerprint density at radius 2 is 1.66 bits per heavy atom. The van der Waals surface area contributed by atoms with E-state index < -0.39 is 16.0 Å². The fourth-order valence-corrected chi connectivity index (χ4v) is 4.84. The van der Waals surface area contributed by atoms with Crippen LogP contribution in [0, 0.1) is 5.92 Å². The van der Waals surface area contributed by atoms with Crippen LogP contribution >= 0.6 is 0 Å². The van der Waals surface area contributed by atoms with Crippen LogP contribution in [0.4, 0.5) is 5.69 Å². The number of sulfonamides is 1. The summed E-state index contributed by atoms with van der Waals surface area (Å²) in [4.78, 5) is 24.1. The Bertz CT molecular complexity index is 1070. The fourth-order valence-electron chi connectivity index (χ4n) is 3.29. The van der Waals surface area contributed by atoms with Crippen LogP contribution in [0.3, 0.4) is 0 Å². The van der Waals surface area contributed by atoms with Crippen molar-refractivity contribution in [3.8, 4) is 11.5 Å². The molecule has 1 aliphatic rings. The average Bonchev–Trinajstić information content (AvgIpc) is 2.80. The molecule has 1 aliphatic heterocycles. The van der Waals surface area contributed by atoms with E-state index in [0.717, 1.165) is 19.3 Å². The Morgan fingerprint density at radius 3 is 2.25 bits per heavy atom. The summed E-state index contributed by atoms with van der Waals surface area (Å²) in [6, 6.07) is 10.7. The molecule has 9 heteroatoms. The van der Waals surface area contributed by atoms with E-state index in [0.29, 0.717) is 30.2 Å². The summed E-state index contributed by atoms with van der Waals surface area (Å²) in [5.41, 5.74) is 0.634. The minimum Gasteiger partial charge on any atom is -0.465 e. The van der Waals surface area contributed by atoms with E-state index in [9.17, 15) is 18.0 Å². The van der Waals surface area contributed by atoms with Crippen molar-refractivity contribution in [1.82, 2.24) is 4.31 Å². The molecule has 1 fully saturated rings. The number of methoxy groups -OCH3 is 1. The van der Waals surface area contributed by atoms with Crippen LogP contribution in [0.15, 0.2) is 47.4 Å². The number of esters is 1. The van der Waals surface area contributed by atoms with Crippen molar-refractivity contribution in [2.75, 3.05) is 25.5 Å². The highest BCUT2D eigenvalue weighted by molar-refractivity contribution is 7.89. The number of rotatable bonds is 7. The lowest BCUT2D eigenvalue weighted by Gasteiger charge is -2.26. The molecule has 0 spiro atoms. The van der Waals surface area contributed by atoms with Crippen molar-refractivity contribution >= 4 is 27.6 Å². The minimum absolute atomic E-state index is 0.104. The van der Waals surface area contributed by atoms with Gasteiger partial charge in [0.1, 0.15) is 5.75 Å². The standard InChI is InChI=1S/C23H28N2O6S/c1-16(2)22(26)24-20-15-19(32(28,29)25-13-5-4-6-14-25)11-12-21(20)31-18-9-7-17(8-10-18)23(27)30-3/h7-12,15-16H,4-6,13-14H2,1-3H3,(H,24,26). The summed E-state index contributed by atoms with van der Waals surface area (Å²) >= 11 is 0. The zero-order chi connectivity index (χ0) is 23.3. The van der Waals surface area contributed by atoms with Gasteiger partial charge in [-0.2, -0.15) is 4.31 Å². The smallest absolute Gasteiger partial charge is 0.337 e. The van der Waals surface area contributed by atoms with Gasteiger partial charge in [-0.05, 0) is 55.3 Å². The molecule has 0 aromatic heterocycles. The number of piperidine rings is 1. The van der Waals surface area contributed by atoms with Gasteiger partial charge < -0.3 is 14.8 Å². The van der Waals surface area contributed by atoms with Crippen LogP contribution in [0.5, 0.6) is 11.5 Å². The number of hydrogen-bond donors (Lipinski definition) is 1. The minimum atomic E-state index is -3.67. The molecule has 0 radical (unpaired) electrons. The number of carbonyl (C=O) groups excluding carboxylic acids is 2. The molecular formula is C23H28N2O6S.